The topological polar surface area (TPSA) is 46.5 Å². The summed E-state index contributed by atoms with van der Waals surface area (Å²) < 4.78 is 5.21. The highest BCUT2D eigenvalue weighted by atomic mass is 32.2. The molecule has 3 nitrogen and oxygen atoms in total. The summed E-state index contributed by atoms with van der Waals surface area (Å²) in [6.07, 6.45) is 3.27. The molecule has 0 aliphatic rings. The van der Waals surface area contributed by atoms with Crippen LogP contribution in [0.25, 0.3) is 6.08 Å². The van der Waals surface area contributed by atoms with Gasteiger partial charge in [0.25, 0.3) is 0 Å². The standard InChI is InChI=1S/C18H18O3S/c1-2-21-12-11-15-16(18(19)20)9-6-10-17(15)22-13-14-7-4-3-5-8-14/h3-12H,2,13H2,1H3,(H,19,20)/b12-11+. The maximum atomic E-state index is 11.4. The van der Waals surface area contributed by atoms with E-state index < -0.39 is 5.97 Å². The molecule has 0 radical (unpaired) electrons. The Morgan fingerprint density at radius 1 is 1.18 bits per heavy atom. The van der Waals surface area contributed by atoms with Crippen LogP contribution < -0.4 is 0 Å². The number of ether oxygens (including phenoxy) is 1. The van der Waals surface area contributed by atoms with Crippen LogP contribution in [0.5, 0.6) is 0 Å². The van der Waals surface area contributed by atoms with Gasteiger partial charge in [0.05, 0.1) is 18.4 Å². The van der Waals surface area contributed by atoms with Crippen LogP contribution in [0.2, 0.25) is 0 Å². The molecule has 0 fully saturated rings. The normalized spacial score (nSPS) is 10.8. The molecule has 2 aromatic carbocycles. The van der Waals surface area contributed by atoms with Crippen molar-refractivity contribution >= 4 is 23.8 Å². The van der Waals surface area contributed by atoms with Crippen molar-refractivity contribution in [3.8, 4) is 0 Å². The van der Waals surface area contributed by atoms with Crippen molar-refractivity contribution in [1.82, 2.24) is 0 Å². The summed E-state index contributed by atoms with van der Waals surface area (Å²) in [6, 6.07) is 15.4. The fourth-order valence-electron chi connectivity index (χ4n) is 1.98. The lowest BCUT2D eigenvalue weighted by molar-refractivity contribution is 0.0696. The maximum Gasteiger partial charge on any atom is 0.336 e. The van der Waals surface area contributed by atoms with E-state index in [1.54, 1.807) is 36.2 Å². The molecule has 2 rings (SSSR count). The van der Waals surface area contributed by atoms with Crippen molar-refractivity contribution in [3.05, 3.63) is 71.5 Å². The van der Waals surface area contributed by atoms with E-state index in [4.69, 9.17) is 4.74 Å². The smallest absolute Gasteiger partial charge is 0.336 e. The Morgan fingerprint density at radius 2 is 1.95 bits per heavy atom. The minimum Gasteiger partial charge on any atom is -0.501 e. The zero-order valence-electron chi connectivity index (χ0n) is 12.4. The lowest BCUT2D eigenvalue weighted by atomic mass is 10.1. The van der Waals surface area contributed by atoms with Crippen molar-refractivity contribution < 1.29 is 14.6 Å². The van der Waals surface area contributed by atoms with Crippen molar-refractivity contribution in [3.63, 3.8) is 0 Å². The number of benzene rings is 2. The molecule has 22 heavy (non-hydrogen) atoms. The highest BCUT2D eigenvalue weighted by molar-refractivity contribution is 7.98. The fraction of sp³-hybridized carbons (Fsp3) is 0.167. The molecular weight excluding hydrogens is 296 g/mol. The largest absolute Gasteiger partial charge is 0.501 e. The Morgan fingerprint density at radius 3 is 2.64 bits per heavy atom. The molecule has 0 saturated heterocycles. The van der Waals surface area contributed by atoms with E-state index in [9.17, 15) is 9.90 Å². The van der Waals surface area contributed by atoms with E-state index in [0.29, 0.717) is 12.2 Å². The van der Waals surface area contributed by atoms with Gasteiger partial charge in [-0.3, -0.25) is 0 Å². The maximum absolute atomic E-state index is 11.4. The van der Waals surface area contributed by atoms with Crippen molar-refractivity contribution in [2.75, 3.05) is 6.61 Å². The predicted octanol–water partition coefficient (Wildman–Crippen LogP) is 4.68. The van der Waals surface area contributed by atoms with Gasteiger partial charge in [0.1, 0.15) is 0 Å². The van der Waals surface area contributed by atoms with Gasteiger partial charge in [0, 0.05) is 16.2 Å². The monoisotopic (exact) mass is 314 g/mol. The van der Waals surface area contributed by atoms with Crippen LogP contribution in [-0.4, -0.2) is 17.7 Å². The summed E-state index contributed by atoms with van der Waals surface area (Å²) in [5, 5.41) is 9.35. The zero-order valence-corrected chi connectivity index (χ0v) is 13.2. The van der Waals surface area contributed by atoms with Crippen molar-refractivity contribution in [1.29, 1.82) is 0 Å². The van der Waals surface area contributed by atoms with Gasteiger partial charge in [-0.05, 0) is 30.7 Å². The predicted molar refractivity (Wildman–Crippen MR) is 90.1 cm³/mol. The van der Waals surface area contributed by atoms with Gasteiger partial charge in [0.2, 0.25) is 0 Å². The average Bonchev–Trinajstić information content (AvgIpc) is 2.54. The molecule has 4 heteroatoms. The van der Waals surface area contributed by atoms with Crippen LogP contribution in [0.1, 0.15) is 28.4 Å². The Hall–Kier alpha value is -2.20. The summed E-state index contributed by atoms with van der Waals surface area (Å²) in [5.41, 5.74) is 2.17. The molecule has 0 saturated carbocycles. The molecule has 0 unspecified atom stereocenters. The van der Waals surface area contributed by atoms with Gasteiger partial charge in [-0.2, -0.15) is 0 Å². The first-order valence-electron chi connectivity index (χ1n) is 7.03. The van der Waals surface area contributed by atoms with Crippen LogP contribution >= 0.6 is 11.8 Å². The number of hydrogen-bond acceptors (Lipinski definition) is 3. The molecule has 0 atom stereocenters. The number of carbonyl (C=O) groups is 1. The second kappa shape index (κ2) is 8.29. The first kappa shape index (κ1) is 16.2. The van der Waals surface area contributed by atoms with Crippen LogP contribution in [0.3, 0.4) is 0 Å². The second-order valence-electron chi connectivity index (χ2n) is 4.55. The van der Waals surface area contributed by atoms with E-state index in [1.807, 2.05) is 31.2 Å². The number of aromatic carboxylic acids is 1. The van der Waals surface area contributed by atoms with Crippen LogP contribution in [0.15, 0.2) is 59.7 Å². The first-order valence-corrected chi connectivity index (χ1v) is 8.02. The number of carboxylic acids is 1. The first-order chi connectivity index (χ1) is 10.7. The Balaban J connectivity index is 2.25. The Kier molecular flexibility index (Phi) is 6.10. The van der Waals surface area contributed by atoms with Gasteiger partial charge in [-0.15, -0.1) is 11.8 Å². The zero-order chi connectivity index (χ0) is 15.8. The third kappa shape index (κ3) is 4.40. The number of carboxylic acid groups (broad SMARTS) is 1. The molecule has 114 valence electrons. The number of rotatable bonds is 7. The third-order valence-corrected chi connectivity index (χ3v) is 4.18. The Bertz CT molecular complexity index is 651. The van der Waals surface area contributed by atoms with Crippen LogP contribution in [-0.2, 0) is 10.5 Å². The van der Waals surface area contributed by atoms with Crippen LogP contribution in [0, 0.1) is 0 Å². The quantitative estimate of drug-likeness (QED) is 0.595. The van der Waals surface area contributed by atoms with E-state index >= 15 is 0 Å². The molecule has 0 spiro atoms. The van der Waals surface area contributed by atoms with Gasteiger partial charge < -0.3 is 9.84 Å². The summed E-state index contributed by atoms with van der Waals surface area (Å²) >= 11 is 1.62. The van der Waals surface area contributed by atoms with Crippen LogP contribution in [0.4, 0.5) is 0 Å². The minimum absolute atomic E-state index is 0.286. The van der Waals surface area contributed by atoms with E-state index in [1.165, 1.54) is 5.56 Å². The highest BCUT2D eigenvalue weighted by Gasteiger charge is 2.12. The molecule has 0 aliphatic heterocycles. The van der Waals surface area contributed by atoms with Gasteiger partial charge >= 0.3 is 5.97 Å². The molecule has 0 heterocycles. The van der Waals surface area contributed by atoms with E-state index in [-0.39, 0.29) is 5.56 Å². The van der Waals surface area contributed by atoms with Crippen molar-refractivity contribution in [2.45, 2.75) is 17.6 Å². The molecular formula is C18H18O3S. The van der Waals surface area contributed by atoms with E-state index in [0.717, 1.165) is 10.6 Å². The Labute approximate surface area is 134 Å². The highest BCUT2D eigenvalue weighted by Crippen LogP contribution is 2.29. The molecule has 0 aliphatic carbocycles. The SMILES string of the molecule is CCO/C=C/c1c(SCc2ccccc2)cccc1C(=O)O. The molecule has 0 bridgehead atoms. The van der Waals surface area contributed by atoms with E-state index in [2.05, 4.69) is 12.1 Å². The molecule has 2 aromatic rings. The lowest BCUT2D eigenvalue weighted by Crippen LogP contribution is -2.00. The second-order valence-corrected chi connectivity index (χ2v) is 5.57. The average molecular weight is 314 g/mol. The third-order valence-electron chi connectivity index (χ3n) is 3.03. The summed E-state index contributed by atoms with van der Waals surface area (Å²) in [7, 11) is 0. The number of hydrogen-bond donors (Lipinski definition) is 1. The lowest BCUT2D eigenvalue weighted by Gasteiger charge is -2.09. The van der Waals surface area contributed by atoms with Gasteiger partial charge in [0.15, 0.2) is 0 Å². The minimum atomic E-state index is -0.932. The fourth-order valence-corrected chi connectivity index (χ4v) is 3.00. The summed E-state index contributed by atoms with van der Waals surface area (Å²) in [5.74, 6) is -0.141. The van der Waals surface area contributed by atoms with Crippen molar-refractivity contribution in [2.24, 2.45) is 0 Å². The summed E-state index contributed by atoms with van der Waals surface area (Å²) in [4.78, 5) is 12.3. The molecule has 1 N–H and O–H groups in total. The number of thioether (sulfide) groups is 1. The van der Waals surface area contributed by atoms with Gasteiger partial charge in [-0.1, -0.05) is 36.4 Å². The summed E-state index contributed by atoms with van der Waals surface area (Å²) in [6.45, 7) is 2.44. The molecule has 0 aromatic heterocycles. The van der Waals surface area contributed by atoms with Gasteiger partial charge in [-0.25, -0.2) is 4.79 Å². The molecule has 0 amide bonds.